The van der Waals surface area contributed by atoms with Crippen LogP contribution in [-0.2, 0) is 0 Å². The van der Waals surface area contributed by atoms with Crippen molar-refractivity contribution in [2.45, 2.75) is 25.3 Å². The van der Waals surface area contributed by atoms with Crippen LogP contribution in [0.4, 0.5) is 5.69 Å². The van der Waals surface area contributed by atoms with Crippen LogP contribution in [0.2, 0.25) is 0 Å². The van der Waals surface area contributed by atoms with Crippen molar-refractivity contribution >= 4 is 17.3 Å². The lowest BCUT2D eigenvalue weighted by Gasteiger charge is -2.38. The van der Waals surface area contributed by atoms with Gasteiger partial charge in [-0.05, 0) is 66.8 Å². The smallest absolute Gasteiger partial charge is 0.271 e. The molecule has 5 rings (SSSR count). The minimum atomic E-state index is -0.330. The van der Waals surface area contributed by atoms with Crippen molar-refractivity contribution in [1.82, 2.24) is 5.43 Å². The molecule has 2 N–H and O–H groups in total. The fraction of sp³-hybridized carbons (Fsp3) is 0.290. The zero-order chi connectivity index (χ0) is 27.5. The highest BCUT2D eigenvalue weighted by atomic mass is 16.5. The van der Waals surface area contributed by atoms with Crippen molar-refractivity contribution in [2.24, 2.45) is 11.0 Å². The fourth-order valence-electron chi connectivity index (χ4n) is 5.53. The molecule has 0 spiro atoms. The summed E-state index contributed by atoms with van der Waals surface area (Å²) >= 11 is 0. The SMILES string of the molecule is COc1ccc(C(=O)N/N=C(/C)c2ccc3c(c2)[C@@H]2C=CC[C@@H]2[C@H](c2cccc(OC)c2OC)N3)cc1OC. The van der Waals surface area contributed by atoms with Gasteiger partial charge < -0.3 is 24.3 Å². The van der Waals surface area contributed by atoms with E-state index in [0.29, 0.717) is 28.7 Å². The molecule has 8 nitrogen and oxygen atoms in total. The third-order valence-corrected chi connectivity index (χ3v) is 7.52. The van der Waals surface area contributed by atoms with Crippen molar-refractivity contribution in [1.29, 1.82) is 0 Å². The number of benzene rings is 3. The highest BCUT2D eigenvalue weighted by molar-refractivity contribution is 6.01. The molecule has 202 valence electrons. The molecular weight excluding hydrogens is 494 g/mol. The van der Waals surface area contributed by atoms with Gasteiger partial charge in [0, 0.05) is 22.7 Å². The van der Waals surface area contributed by atoms with E-state index in [9.17, 15) is 4.79 Å². The molecule has 39 heavy (non-hydrogen) atoms. The van der Waals surface area contributed by atoms with Gasteiger partial charge in [-0.25, -0.2) is 5.43 Å². The number of anilines is 1. The zero-order valence-corrected chi connectivity index (χ0v) is 22.8. The number of carbonyl (C=O) groups is 1. The number of nitrogens with zero attached hydrogens (tertiary/aromatic N) is 1. The van der Waals surface area contributed by atoms with E-state index in [1.54, 1.807) is 39.5 Å². The van der Waals surface area contributed by atoms with E-state index >= 15 is 0 Å². The highest BCUT2D eigenvalue weighted by Crippen LogP contribution is 2.52. The predicted octanol–water partition coefficient (Wildman–Crippen LogP) is 5.70. The summed E-state index contributed by atoms with van der Waals surface area (Å²) in [6, 6.07) is 17.4. The number of methoxy groups -OCH3 is 4. The summed E-state index contributed by atoms with van der Waals surface area (Å²) in [5, 5.41) is 8.15. The summed E-state index contributed by atoms with van der Waals surface area (Å²) in [4.78, 5) is 12.7. The maximum absolute atomic E-state index is 12.7. The minimum absolute atomic E-state index is 0.0731. The summed E-state index contributed by atoms with van der Waals surface area (Å²) in [6.45, 7) is 1.89. The van der Waals surface area contributed by atoms with E-state index in [1.165, 1.54) is 12.7 Å². The number of rotatable bonds is 8. The molecule has 0 radical (unpaired) electrons. The van der Waals surface area contributed by atoms with Crippen LogP contribution in [0.5, 0.6) is 23.0 Å². The van der Waals surface area contributed by atoms with Crippen LogP contribution in [0, 0.1) is 5.92 Å². The second-order valence-electron chi connectivity index (χ2n) is 9.57. The quantitative estimate of drug-likeness (QED) is 0.222. The van der Waals surface area contributed by atoms with Crippen LogP contribution in [0.15, 0.2) is 71.9 Å². The largest absolute Gasteiger partial charge is 0.493 e. The van der Waals surface area contributed by atoms with E-state index in [0.717, 1.165) is 34.7 Å². The Kier molecular flexibility index (Phi) is 7.45. The number of allylic oxidation sites excluding steroid dienone is 2. The fourth-order valence-corrected chi connectivity index (χ4v) is 5.53. The van der Waals surface area contributed by atoms with Gasteiger partial charge in [-0.3, -0.25) is 4.79 Å². The lowest BCUT2D eigenvalue weighted by Crippen LogP contribution is -2.29. The van der Waals surface area contributed by atoms with Gasteiger partial charge in [0.2, 0.25) is 0 Å². The Morgan fingerprint density at radius 2 is 1.64 bits per heavy atom. The second-order valence-corrected chi connectivity index (χ2v) is 9.57. The van der Waals surface area contributed by atoms with Gasteiger partial charge in [-0.1, -0.05) is 30.4 Å². The van der Waals surface area contributed by atoms with E-state index in [-0.39, 0.29) is 17.9 Å². The monoisotopic (exact) mass is 527 g/mol. The Labute approximate surface area is 228 Å². The normalized spacial score (nSPS) is 19.4. The number of para-hydroxylation sites is 1. The highest BCUT2D eigenvalue weighted by Gasteiger charge is 2.39. The average Bonchev–Trinajstić information content (AvgIpc) is 3.48. The molecule has 3 aromatic carbocycles. The van der Waals surface area contributed by atoms with Crippen molar-refractivity contribution < 1.29 is 23.7 Å². The number of amides is 1. The third-order valence-electron chi connectivity index (χ3n) is 7.52. The summed E-state index contributed by atoms with van der Waals surface area (Å²) in [5.74, 6) is 2.77. The first-order valence-electron chi connectivity index (χ1n) is 12.8. The molecule has 1 aliphatic carbocycles. The first-order chi connectivity index (χ1) is 19.0. The Hall–Kier alpha value is -4.46. The van der Waals surface area contributed by atoms with Crippen molar-refractivity contribution in [2.75, 3.05) is 33.8 Å². The summed E-state index contributed by atoms with van der Waals surface area (Å²) in [7, 11) is 6.43. The Morgan fingerprint density at radius 3 is 2.38 bits per heavy atom. The van der Waals surface area contributed by atoms with Crippen LogP contribution in [0.3, 0.4) is 0 Å². The molecule has 1 heterocycles. The van der Waals surface area contributed by atoms with E-state index in [2.05, 4.69) is 46.2 Å². The molecule has 3 atom stereocenters. The van der Waals surface area contributed by atoms with Crippen LogP contribution in [0.1, 0.15) is 52.4 Å². The molecule has 1 amide bonds. The van der Waals surface area contributed by atoms with Gasteiger partial charge in [0.15, 0.2) is 23.0 Å². The molecule has 0 aromatic heterocycles. The van der Waals surface area contributed by atoms with Gasteiger partial charge in [-0.15, -0.1) is 0 Å². The molecule has 0 unspecified atom stereocenters. The Balaban J connectivity index is 1.39. The second kappa shape index (κ2) is 11.1. The topological polar surface area (TPSA) is 90.4 Å². The number of ether oxygens (including phenoxy) is 4. The number of fused-ring (bicyclic) bond motifs is 3. The molecule has 0 saturated heterocycles. The summed E-state index contributed by atoms with van der Waals surface area (Å²) in [6.07, 6.45) is 5.50. The van der Waals surface area contributed by atoms with Crippen molar-refractivity contribution in [3.05, 3.63) is 89.0 Å². The van der Waals surface area contributed by atoms with E-state index in [1.807, 2.05) is 25.1 Å². The molecular formula is C31H33N3O5. The van der Waals surface area contributed by atoms with Crippen LogP contribution < -0.4 is 29.7 Å². The van der Waals surface area contributed by atoms with Crippen LogP contribution in [-0.4, -0.2) is 40.1 Å². The molecule has 2 aliphatic rings. The molecule has 0 bridgehead atoms. The number of hydrogen-bond donors (Lipinski definition) is 2. The van der Waals surface area contributed by atoms with Crippen LogP contribution in [0.25, 0.3) is 0 Å². The molecule has 1 aliphatic heterocycles. The zero-order valence-electron chi connectivity index (χ0n) is 22.8. The number of carbonyl (C=O) groups excluding carboxylic acids is 1. The lowest BCUT2D eigenvalue weighted by atomic mass is 9.76. The average molecular weight is 528 g/mol. The maximum Gasteiger partial charge on any atom is 0.271 e. The molecule has 3 aromatic rings. The molecule has 0 saturated carbocycles. The number of nitrogens with one attached hydrogen (secondary N) is 2. The standard InChI is InChI=1S/C31H33N3O5/c1-18(33-34-31(35)20-13-15-26(36-2)28(17-20)38-4)19-12-14-25-24(16-19)21-8-6-9-22(21)29(32-25)23-10-7-11-27(37-3)30(23)39-5/h6-8,10-17,21-22,29,32H,9H2,1-5H3,(H,34,35)/b33-18-/t21-,22+,29-/m1/s1. The Bertz CT molecular complexity index is 1450. The van der Waals surface area contributed by atoms with E-state index in [4.69, 9.17) is 18.9 Å². The first-order valence-corrected chi connectivity index (χ1v) is 12.8. The number of hydrazone groups is 1. The summed E-state index contributed by atoms with van der Waals surface area (Å²) in [5.41, 5.74) is 8.11. The van der Waals surface area contributed by atoms with Crippen molar-refractivity contribution in [3.8, 4) is 23.0 Å². The van der Waals surface area contributed by atoms with Gasteiger partial charge in [0.25, 0.3) is 5.91 Å². The molecule has 0 fully saturated rings. The van der Waals surface area contributed by atoms with E-state index < -0.39 is 0 Å². The molecule has 8 heteroatoms. The predicted molar refractivity (Wildman–Crippen MR) is 152 cm³/mol. The van der Waals surface area contributed by atoms with Crippen LogP contribution >= 0.6 is 0 Å². The van der Waals surface area contributed by atoms with Gasteiger partial charge in [0.05, 0.1) is 40.2 Å². The lowest BCUT2D eigenvalue weighted by molar-refractivity contribution is 0.0954. The number of hydrogen-bond acceptors (Lipinski definition) is 7. The third kappa shape index (κ3) is 4.90. The van der Waals surface area contributed by atoms with Crippen molar-refractivity contribution in [3.63, 3.8) is 0 Å². The summed E-state index contributed by atoms with van der Waals surface area (Å²) < 4.78 is 21.9. The minimum Gasteiger partial charge on any atom is -0.493 e. The van der Waals surface area contributed by atoms with Gasteiger partial charge in [0.1, 0.15) is 0 Å². The first kappa shape index (κ1) is 26.2. The maximum atomic E-state index is 12.7. The van der Waals surface area contributed by atoms with Gasteiger partial charge in [-0.2, -0.15) is 5.10 Å². The Morgan fingerprint density at radius 1 is 0.872 bits per heavy atom. The van der Waals surface area contributed by atoms with Gasteiger partial charge >= 0.3 is 0 Å².